The minimum absolute atomic E-state index is 0.291. The summed E-state index contributed by atoms with van der Waals surface area (Å²) in [6.45, 7) is 2.80. The number of carboxylic acid groups (broad SMARTS) is 1. The Morgan fingerprint density at radius 1 is 1.29 bits per heavy atom. The first-order chi connectivity index (χ1) is 8.24. The van der Waals surface area contributed by atoms with Gasteiger partial charge in [-0.25, -0.2) is 4.79 Å². The molecule has 0 fully saturated rings. The second-order valence-corrected chi connectivity index (χ2v) is 3.85. The minimum Gasteiger partial charge on any atom is -0.463 e. The summed E-state index contributed by atoms with van der Waals surface area (Å²) in [5.74, 6) is 0. The van der Waals surface area contributed by atoms with Crippen molar-refractivity contribution in [2.75, 3.05) is 6.54 Å². The molecule has 0 heterocycles. The number of hydrogen-bond donors (Lipinski definition) is 1. The van der Waals surface area contributed by atoms with Crippen LogP contribution < -0.4 is 0 Å². The van der Waals surface area contributed by atoms with E-state index in [-0.39, 0.29) is 0 Å². The number of carbonyl (C=O) groups is 1. The summed E-state index contributed by atoms with van der Waals surface area (Å²) in [6, 6.07) is 9.54. The second-order valence-electron chi connectivity index (χ2n) is 3.85. The SMILES string of the molecule is CCCCCN(OCc1ccccc1)C(=O)O. The molecular formula is C13H19NO3. The summed E-state index contributed by atoms with van der Waals surface area (Å²) in [7, 11) is 0. The average Bonchev–Trinajstić information content (AvgIpc) is 2.34. The quantitative estimate of drug-likeness (QED) is 0.584. The smallest absolute Gasteiger partial charge is 0.431 e. The Morgan fingerprint density at radius 2 is 2.00 bits per heavy atom. The molecule has 0 radical (unpaired) electrons. The highest BCUT2D eigenvalue weighted by molar-refractivity contribution is 5.63. The van der Waals surface area contributed by atoms with E-state index in [1.807, 2.05) is 30.3 Å². The second kappa shape index (κ2) is 7.68. The molecular weight excluding hydrogens is 218 g/mol. The van der Waals surface area contributed by atoms with E-state index in [0.717, 1.165) is 29.9 Å². The molecule has 0 aliphatic rings. The Hall–Kier alpha value is -1.55. The highest BCUT2D eigenvalue weighted by Gasteiger charge is 2.11. The highest BCUT2D eigenvalue weighted by Crippen LogP contribution is 2.05. The number of nitrogens with zero attached hydrogens (tertiary/aromatic N) is 1. The molecule has 0 saturated carbocycles. The van der Waals surface area contributed by atoms with Crippen molar-refractivity contribution in [3.63, 3.8) is 0 Å². The van der Waals surface area contributed by atoms with E-state index in [9.17, 15) is 4.79 Å². The van der Waals surface area contributed by atoms with Crippen molar-refractivity contribution >= 4 is 6.09 Å². The fourth-order valence-corrected chi connectivity index (χ4v) is 1.45. The van der Waals surface area contributed by atoms with Crippen LogP contribution in [0.2, 0.25) is 0 Å². The molecule has 0 aromatic heterocycles. The standard InChI is InChI=1S/C13H19NO3/c1-2-3-7-10-14(13(15)16)17-11-12-8-5-4-6-9-12/h4-6,8-9H,2-3,7,10-11H2,1H3,(H,15,16). The topological polar surface area (TPSA) is 49.8 Å². The molecule has 4 heteroatoms. The van der Waals surface area contributed by atoms with Gasteiger partial charge < -0.3 is 5.11 Å². The van der Waals surface area contributed by atoms with Crippen molar-refractivity contribution in [1.29, 1.82) is 0 Å². The van der Waals surface area contributed by atoms with E-state index >= 15 is 0 Å². The average molecular weight is 237 g/mol. The number of hydroxylamine groups is 2. The van der Waals surface area contributed by atoms with E-state index in [1.165, 1.54) is 0 Å². The number of unbranched alkanes of at least 4 members (excludes halogenated alkanes) is 2. The van der Waals surface area contributed by atoms with Crippen LogP contribution in [0.3, 0.4) is 0 Å². The van der Waals surface area contributed by atoms with Gasteiger partial charge in [0.2, 0.25) is 0 Å². The van der Waals surface area contributed by atoms with Crippen LogP contribution in [0.25, 0.3) is 0 Å². The van der Waals surface area contributed by atoms with Crippen LogP contribution >= 0.6 is 0 Å². The van der Waals surface area contributed by atoms with Crippen LogP contribution in [0, 0.1) is 0 Å². The van der Waals surface area contributed by atoms with Gasteiger partial charge in [0.25, 0.3) is 0 Å². The highest BCUT2D eigenvalue weighted by atomic mass is 16.7. The summed E-state index contributed by atoms with van der Waals surface area (Å²) >= 11 is 0. The van der Waals surface area contributed by atoms with Crippen LogP contribution in [0.15, 0.2) is 30.3 Å². The molecule has 1 aromatic rings. The largest absolute Gasteiger partial charge is 0.463 e. The van der Waals surface area contributed by atoms with Crippen molar-refractivity contribution in [2.24, 2.45) is 0 Å². The molecule has 0 aliphatic carbocycles. The lowest BCUT2D eigenvalue weighted by molar-refractivity contribution is -0.141. The van der Waals surface area contributed by atoms with Crippen LogP contribution in [0.5, 0.6) is 0 Å². The number of benzene rings is 1. The number of amides is 1. The summed E-state index contributed by atoms with van der Waals surface area (Å²) in [5.41, 5.74) is 0.967. The third-order valence-electron chi connectivity index (χ3n) is 2.41. The molecule has 94 valence electrons. The molecule has 0 saturated heterocycles. The minimum atomic E-state index is -1.03. The van der Waals surface area contributed by atoms with Gasteiger partial charge in [-0.3, -0.25) is 4.84 Å². The Kier molecular flexibility index (Phi) is 6.10. The van der Waals surface area contributed by atoms with E-state index < -0.39 is 6.09 Å². The zero-order valence-corrected chi connectivity index (χ0v) is 10.1. The molecule has 1 rings (SSSR count). The normalized spacial score (nSPS) is 10.2. The van der Waals surface area contributed by atoms with Crippen LogP contribution in [-0.4, -0.2) is 22.8 Å². The van der Waals surface area contributed by atoms with Gasteiger partial charge >= 0.3 is 6.09 Å². The van der Waals surface area contributed by atoms with Crippen LogP contribution in [0.4, 0.5) is 4.79 Å². The maximum atomic E-state index is 10.9. The molecule has 0 aliphatic heterocycles. The summed E-state index contributed by atoms with van der Waals surface area (Å²) in [5, 5.41) is 9.97. The Balaban J connectivity index is 2.36. The first-order valence-corrected chi connectivity index (χ1v) is 5.91. The van der Waals surface area contributed by atoms with Crippen molar-refractivity contribution < 1.29 is 14.7 Å². The fraction of sp³-hybridized carbons (Fsp3) is 0.462. The molecule has 1 N–H and O–H groups in total. The monoisotopic (exact) mass is 237 g/mol. The summed E-state index contributed by atoms with van der Waals surface area (Å²) in [6.07, 6.45) is 1.87. The lowest BCUT2D eigenvalue weighted by atomic mass is 10.2. The first-order valence-electron chi connectivity index (χ1n) is 5.91. The number of rotatable bonds is 7. The Labute approximate surface area is 102 Å². The molecule has 0 atom stereocenters. The van der Waals surface area contributed by atoms with Crippen molar-refractivity contribution in [2.45, 2.75) is 32.8 Å². The molecule has 1 amide bonds. The molecule has 4 nitrogen and oxygen atoms in total. The van der Waals surface area contributed by atoms with E-state index in [1.54, 1.807) is 0 Å². The molecule has 0 bridgehead atoms. The molecule has 0 spiro atoms. The van der Waals surface area contributed by atoms with E-state index in [4.69, 9.17) is 9.94 Å². The zero-order chi connectivity index (χ0) is 12.5. The van der Waals surface area contributed by atoms with Crippen molar-refractivity contribution in [3.05, 3.63) is 35.9 Å². The van der Waals surface area contributed by atoms with Crippen LogP contribution in [-0.2, 0) is 11.4 Å². The van der Waals surface area contributed by atoms with E-state index in [2.05, 4.69) is 6.92 Å². The maximum Gasteiger partial charge on any atom is 0.431 e. The zero-order valence-electron chi connectivity index (χ0n) is 10.1. The van der Waals surface area contributed by atoms with Gasteiger partial charge in [0.05, 0.1) is 6.54 Å². The van der Waals surface area contributed by atoms with Gasteiger partial charge in [-0.15, -0.1) is 0 Å². The maximum absolute atomic E-state index is 10.9. The predicted octanol–water partition coefficient (Wildman–Crippen LogP) is 3.29. The van der Waals surface area contributed by atoms with Gasteiger partial charge in [-0.05, 0) is 12.0 Å². The third kappa shape index (κ3) is 5.36. The van der Waals surface area contributed by atoms with Crippen molar-refractivity contribution in [1.82, 2.24) is 5.06 Å². The molecule has 1 aromatic carbocycles. The summed E-state index contributed by atoms with van der Waals surface area (Å²) < 4.78 is 0. The fourth-order valence-electron chi connectivity index (χ4n) is 1.45. The van der Waals surface area contributed by atoms with Gasteiger partial charge in [0.15, 0.2) is 0 Å². The lowest BCUT2D eigenvalue weighted by Crippen LogP contribution is -2.30. The van der Waals surface area contributed by atoms with Crippen LogP contribution in [0.1, 0.15) is 31.7 Å². The predicted molar refractivity (Wildman–Crippen MR) is 65.5 cm³/mol. The molecule has 17 heavy (non-hydrogen) atoms. The lowest BCUT2D eigenvalue weighted by Gasteiger charge is -2.18. The summed E-state index contributed by atoms with van der Waals surface area (Å²) in [4.78, 5) is 16.2. The molecule has 0 unspecified atom stereocenters. The first kappa shape index (κ1) is 13.5. The Bertz CT molecular complexity index is 327. The van der Waals surface area contributed by atoms with Crippen molar-refractivity contribution in [3.8, 4) is 0 Å². The third-order valence-corrected chi connectivity index (χ3v) is 2.41. The Morgan fingerprint density at radius 3 is 2.59 bits per heavy atom. The van der Waals surface area contributed by atoms with Gasteiger partial charge in [-0.1, -0.05) is 50.1 Å². The van der Waals surface area contributed by atoms with Gasteiger partial charge in [0.1, 0.15) is 6.61 Å². The number of hydrogen-bond acceptors (Lipinski definition) is 2. The van der Waals surface area contributed by atoms with E-state index in [0.29, 0.717) is 13.2 Å². The van der Waals surface area contributed by atoms with Gasteiger partial charge in [-0.2, -0.15) is 5.06 Å². The van der Waals surface area contributed by atoms with Gasteiger partial charge in [0, 0.05) is 0 Å².